The van der Waals surface area contributed by atoms with Crippen molar-refractivity contribution in [2.45, 2.75) is 19.4 Å². The Morgan fingerprint density at radius 3 is 2.76 bits per heavy atom. The minimum absolute atomic E-state index is 0.0126. The predicted octanol–water partition coefficient (Wildman–Crippen LogP) is 3.21. The van der Waals surface area contributed by atoms with Gasteiger partial charge >= 0.3 is 0 Å². The molecule has 0 spiro atoms. The Hall–Kier alpha value is -2.07. The molecule has 5 heteroatoms. The minimum atomic E-state index is 0.0126. The van der Waals surface area contributed by atoms with Crippen molar-refractivity contribution in [3.05, 3.63) is 59.4 Å². The summed E-state index contributed by atoms with van der Waals surface area (Å²) >= 11 is 5.79. The van der Waals surface area contributed by atoms with Crippen molar-refractivity contribution >= 4 is 17.5 Å². The summed E-state index contributed by atoms with van der Waals surface area (Å²) < 4.78 is 5.53. The molecule has 0 aliphatic carbocycles. The Balaban J connectivity index is 1.60. The van der Waals surface area contributed by atoms with E-state index in [0.717, 1.165) is 11.3 Å². The quantitative estimate of drug-likeness (QED) is 0.799. The zero-order valence-electron chi connectivity index (χ0n) is 11.6. The highest BCUT2D eigenvalue weighted by Gasteiger charge is 2.02. The molecule has 110 valence electrons. The number of pyridine rings is 1. The maximum absolute atomic E-state index is 11.7. The predicted molar refractivity (Wildman–Crippen MR) is 82.3 cm³/mol. The van der Waals surface area contributed by atoms with Crippen LogP contribution in [0.5, 0.6) is 5.75 Å². The van der Waals surface area contributed by atoms with E-state index in [1.54, 1.807) is 24.5 Å². The fourth-order valence-electron chi connectivity index (χ4n) is 1.75. The molecule has 0 unspecified atom stereocenters. The summed E-state index contributed by atoms with van der Waals surface area (Å²) in [6, 6.07) is 10.9. The summed E-state index contributed by atoms with van der Waals surface area (Å²) in [7, 11) is 0. The molecule has 1 N–H and O–H groups in total. The van der Waals surface area contributed by atoms with E-state index in [2.05, 4.69) is 10.3 Å². The molecule has 1 amide bonds. The van der Waals surface area contributed by atoms with Gasteiger partial charge in [0.2, 0.25) is 5.91 Å². The molecule has 0 saturated carbocycles. The summed E-state index contributed by atoms with van der Waals surface area (Å²) in [4.78, 5) is 15.7. The number of rotatable bonds is 7. The van der Waals surface area contributed by atoms with Crippen molar-refractivity contribution in [3.8, 4) is 5.75 Å². The Labute approximate surface area is 129 Å². The van der Waals surface area contributed by atoms with Gasteiger partial charge in [-0.1, -0.05) is 17.7 Å². The van der Waals surface area contributed by atoms with Crippen LogP contribution >= 0.6 is 11.6 Å². The molecule has 0 radical (unpaired) electrons. The van der Waals surface area contributed by atoms with Gasteiger partial charge in [-0.15, -0.1) is 0 Å². The molecule has 0 saturated heterocycles. The van der Waals surface area contributed by atoms with Gasteiger partial charge in [0, 0.05) is 30.4 Å². The first-order chi connectivity index (χ1) is 10.2. The van der Waals surface area contributed by atoms with E-state index in [1.807, 2.05) is 24.3 Å². The molecule has 0 aliphatic heterocycles. The average molecular weight is 305 g/mol. The van der Waals surface area contributed by atoms with Crippen LogP contribution in [0.15, 0.2) is 48.8 Å². The van der Waals surface area contributed by atoms with Crippen molar-refractivity contribution in [2.75, 3.05) is 6.61 Å². The van der Waals surface area contributed by atoms with Crippen LogP contribution in [0.3, 0.4) is 0 Å². The molecule has 21 heavy (non-hydrogen) atoms. The second kappa shape index (κ2) is 8.27. The van der Waals surface area contributed by atoms with Crippen LogP contribution in [0.4, 0.5) is 0 Å². The Morgan fingerprint density at radius 2 is 2.05 bits per heavy atom. The molecule has 0 fully saturated rings. The molecule has 0 aliphatic rings. The van der Waals surface area contributed by atoms with E-state index in [-0.39, 0.29) is 5.91 Å². The molecule has 2 aromatic rings. The first-order valence-corrected chi connectivity index (χ1v) is 7.16. The first kappa shape index (κ1) is 15.3. The van der Waals surface area contributed by atoms with Gasteiger partial charge in [0.15, 0.2) is 0 Å². The highest BCUT2D eigenvalue weighted by Crippen LogP contribution is 2.15. The van der Waals surface area contributed by atoms with Gasteiger partial charge in [-0.2, -0.15) is 0 Å². The van der Waals surface area contributed by atoms with Crippen molar-refractivity contribution in [2.24, 2.45) is 0 Å². The Bertz CT molecular complexity index is 558. The maximum atomic E-state index is 11.7. The minimum Gasteiger partial charge on any atom is -0.494 e. The number of hydrogen-bond donors (Lipinski definition) is 1. The molecule has 0 bridgehead atoms. The molecular formula is C16H17ClN2O2. The van der Waals surface area contributed by atoms with E-state index < -0.39 is 0 Å². The van der Waals surface area contributed by atoms with Crippen LogP contribution in [0, 0.1) is 0 Å². The van der Waals surface area contributed by atoms with Gasteiger partial charge in [-0.05, 0) is 42.3 Å². The lowest BCUT2D eigenvalue weighted by Crippen LogP contribution is -2.23. The zero-order chi connectivity index (χ0) is 14.9. The summed E-state index contributed by atoms with van der Waals surface area (Å²) in [5.41, 5.74) is 0.989. The molecule has 1 aromatic heterocycles. The topological polar surface area (TPSA) is 51.2 Å². The molecule has 1 heterocycles. The van der Waals surface area contributed by atoms with E-state index in [4.69, 9.17) is 16.3 Å². The van der Waals surface area contributed by atoms with E-state index in [0.29, 0.717) is 31.0 Å². The summed E-state index contributed by atoms with van der Waals surface area (Å²) in [6.07, 6.45) is 4.55. The van der Waals surface area contributed by atoms with Gasteiger partial charge < -0.3 is 10.1 Å². The van der Waals surface area contributed by atoms with E-state index >= 15 is 0 Å². The van der Waals surface area contributed by atoms with Gasteiger partial charge in [-0.25, -0.2) is 0 Å². The lowest BCUT2D eigenvalue weighted by atomic mass is 10.2. The van der Waals surface area contributed by atoms with E-state index in [9.17, 15) is 4.79 Å². The second-order valence-electron chi connectivity index (χ2n) is 4.54. The highest BCUT2D eigenvalue weighted by atomic mass is 35.5. The summed E-state index contributed by atoms with van der Waals surface area (Å²) in [6.45, 7) is 1.01. The number of benzene rings is 1. The second-order valence-corrected chi connectivity index (χ2v) is 4.98. The number of ether oxygens (including phenoxy) is 1. The Morgan fingerprint density at radius 1 is 1.24 bits per heavy atom. The van der Waals surface area contributed by atoms with Crippen LogP contribution in [-0.4, -0.2) is 17.5 Å². The van der Waals surface area contributed by atoms with Gasteiger partial charge in [0.25, 0.3) is 0 Å². The summed E-state index contributed by atoms with van der Waals surface area (Å²) in [5, 5.41) is 3.53. The van der Waals surface area contributed by atoms with Crippen molar-refractivity contribution in [1.82, 2.24) is 10.3 Å². The van der Waals surface area contributed by atoms with Crippen molar-refractivity contribution in [1.29, 1.82) is 0 Å². The molecule has 1 aromatic carbocycles. The molecule has 4 nitrogen and oxygen atoms in total. The van der Waals surface area contributed by atoms with Crippen LogP contribution in [0.2, 0.25) is 5.02 Å². The Kier molecular flexibility index (Phi) is 6.03. The lowest BCUT2D eigenvalue weighted by molar-refractivity contribution is -0.121. The SMILES string of the molecule is O=C(CCCOc1ccc(Cl)cc1)NCc1cccnc1. The number of aromatic nitrogens is 1. The lowest BCUT2D eigenvalue weighted by Gasteiger charge is -2.07. The van der Waals surface area contributed by atoms with Crippen LogP contribution < -0.4 is 10.1 Å². The fraction of sp³-hybridized carbons (Fsp3) is 0.250. The maximum Gasteiger partial charge on any atom is 0.220 e. The smallest absolute Gasteiger partial charge is 0.220 e. The highest BCUT2D eigenvalue weighted by molar-refractivity contribution is 6.30. The molecule has 2 rings (SSSR count). The van der Waals surface area contributed by atoms with Gasteiger partial charge in [-0.3, -0.25) is 9.78 Å². The number of nitrogens with one attached hydrogen (secondary N) is 1. The van der Waals surface area contributed by atoms with Gasteiger partial charge in [0.05, 0.1) is 6.61 Å². The number of carbonyl (C=O) groups excluding carboxylic acids is 1. The zero-order valence-corrected chi connectivity index (χ0v) is 12.3. The third kappa shape index (κ3) is 5.83. The third-order valence-electron chi connectivity index (χ3n) is 2.84. The number of carbonyl (C=O) groups is 1. The standard InChI is InChI=1S/C16H17ClN2O2/c17-14-5-7-15(8-6-14)21-10-2-4-16(20)19-12-13-3-1-9-18-11-13/h1,3,5-9,11H,2,4,10,12H2,(H,19,20). The molecular weight excluding hydrogens is 288 g/mol. The third-order valence-corrected chi connectivity index (χ3v) is 3.09. The number of hydrogen-bond acceptors (Lipinski definition) is 3. The van der Waals surface area contributed by atoms with Gasteiger partial charge in [0.1, 0.15) is 5.75 Å². The number of halogens is 1. The monoisotopic (exact) mass is 304 g/mol. The normalized spacial score (nSPS) is 10.1. The molecule has 0 atom stereocenters. The fourth-order valence-corrected chi connectivity index (χ4v) is 1.87. The average Bonchev–Trinajstić information content (AvgIpc) is 2.52. The number of amides is 1. The largest absolute Gasteiger partial charge is 0.494 e. The van der Waals surface area contributed by atoms with Crippen LogP contribution in [0.25, 0.3) is 0 Å². The number of nitrogens with zero attached hydrogens (tertiary/aromatic N) is 1. The van der Waals surface area contributed by atoms with Crippen molar-refractivity contribution in [3.63, 3.8) is 0 Å². The van der Waals surface area contributed by atoms with Crippen LogP contribution in [0.1, 0.15) is 18.4 Å². The summed E-state index contributed by atoms with van der Waals surface area (Å²) in [5.74, 6) is 0.772. The first-order valence-electron chi connectivity index (χ1n) is 6.78. The van der Waals surface area contributed by atoms with Crippen molar-refractivity contribution < 1.29 is 9.53 Å². The van der Waals surface area contributed by atoms with Crippen LogP contribution in [-0.2, 0) is 11.3 Å². The van der Waals surface area contributed by atoms with E-state index in [1.165, 1.54) is 0 Å².